The number of aliphatic hydroxyl groups is 1. The SMILES string of the molecule is O=C(O)C1=CC=C(CO)CC1. The summed E-state index contributed by atoms with van der Waals surface area (Å²) in [5.74, 6) is -0.863. The fraction of sp³-hybridized carbons (Fsp3) is 0.375. The Morgan fingerprint density at radius 3 is 2.55 bits per heavy atom. The van der Waals surface area contributed by atoms with Crippen molar-refractivity contribution in [2.24, 2.45) is 0 Å². The van der Waals surface area contributed by atoms with Crippen LogP contribution in [0.15, 0.2) is 23.3 Å². The lowest BCUT2D eigenvalue weighted by Crippen LogP contribution is -2.05. The number of carbonyl (C=O) groups is 1. The topological polar surface area (TPSA) is 57.5 Å². The Morgan fingerprint density at radius 1 is 1.45 bits per heavy atom. The van der Waals surface area contributed by atoms with Gasteiger partial charge in [-0.25, -0.2) is 4.79 Å². The molecule has 0 spiro atoms. The lowest BCUT2D eigenvalue weighted by Gasteiger charge is -2.08. The van der Waals surface area contributed by atoms with Gasteiger partial charge in [-0.05, 0) is 18.4 Å². The molecule has 1 rings (SSSR count). The second kappa shape index (κ2) is 3.34. The molecule has 0 fully saturated rings. The van der Waals surface area contributed by atoms with Crippen molar-refractivity contribution < 1.29 is 15.0 Å². The third-order valence-corrected chi connectivity index (χ3v) is 1.71. The molecule has 1 aliphatic carbocycles. The van der Waals surface area contributed by atoms with Gasteiger partial charge in [0.2, 0.25) is 0 Å². The molecule has 3 nitrogen and oxygen atoms in total. The van der Waals surface area contributed by atoms with Crippen LogP contribution in [0, 0.1) is 0 Å². The molecule has 0 aromatic rings. The van der Waals surface area contributed by atoms with Crippen molar-refractivity contribution in [2.75, 3.05) is 6.61 Å². The van der Waals surface area contributed by atoms with Gasteiger partial charge >= 0.3 is 5.97 Å². The summed E-state index contributed by atoms with van der Waals surface area (Å²) in [5, 5.41) is 17.2. The van der Waals surface area contributed by atoms with Gasteiger partial charge in [-0.1, -0.05) is 12.2 Å². The first-order valence-corrected chi connectivity index (χ1v) is 3.47. The van der Waals surface area contributed by atoms with Gasteiger partial charge in [-0.2, -0.15) is 0 Å². The summed E-state index contributed by atoms with van der Waals surface area (Å²) in [6, 6.07) is 0. The molecule has 60 valence electrons. The van der Waals surface area contributed by atoms with Crippen LogP contribution in [-0.2, 0) is 4.79 Å². The quantitative estimate of drug-likeness (QED) is 0.615. The van der Waals surface area contributed by atoms with E-state index in [-0.39, 0.29) is 6.61 Å². The molecular weight excluding hydrogens is 144 g/mol. The predicted octanol–water partition coefficient (Wildman–Crippen LogP) is 0.710. The van der Waals surface area contributed by atoms with Crippen LogP contribution in [-0.4, -0.2) is 22.8 Å². The third-order valence-electron chi connectivity index (χ3n) is 1.71. The van der Waals surface area contributed by atoms with E-state index in [1.807, 2.05) is 0 Å². The van der Waals surface area contributed by atoms with E-state index in [2.05, 4.69) is 0 Å². The molecule has 0 aromatic heterocycles. The molecule has 0 atom stereocenters. The van der Waals surface area contributed by atoms with Crippen molar-refractivity contribution in [3.8, 4) is 0 Å². The smallest absolute Gasteiger partial charge is 0.331 e. The van der Waals surface area contributed by atoms with Crippen LogP contribution in [0.1, 0.15) is 12.8 Å². The number of carboxylic acids is 1. The maximum atomic E-state index is 10.4. The van der Waals surface area contributed by atoms with Crippen molar-refractivity contribution >= 4 is 5.97 Å². The van der Waals surface area contributed by atoms with Crippen LogP contribution < -0.4 is 0 Å². The minimum atomic E-state index is -0.863. The molecule has 1 aliphatic rings. The number of allylic oxidation sites excluding steroid dienone is 2. The van der Waals surface area contributed by atoms with Crippen LogP contribution in [0.3, 0.4) is 0 Å². The first-order valence-electron chi connectivity index (χ1n) is 3.47. The van der Waals surface area contributed by atoms with E-state index < -0.39 is 5.97 Å². The van der Waals surface area contributed by atoms with Crippen LogP contribution >= 0.6 is 0 Å². The lowest BCUT2D eigenvalue weighted by atomic mass is 9.99. The van der Waals surface area contributed by atoms with Crippen LogP contribution in [0.4, 0.5) is 0 Å². The molecule has 0 unspecified atom stereocenters. The molecule has 0 aromatic carbocycles. The van der Waals surface area contributed by atoms with Gasteiger partial charge in [0.1, 0.15) is 0 Å². The van der Waals surface area contributed by atoms with Gasteiger partial charge in [0.25, 0.3) is 0 Å². The molecular formula is C8H10O3. The van der Waals surface area contributed by atoms with E-state index in [1.54, 1.807) is 12.2 Å². The van der Waals surface area contributed by atoms with Gasteiger partial charge < -0.3 is 10.2 Å². The van der Waals surface area contributed by atoms with Gasteiger partial charge in [-0.3, -0.25) is 0 Å². The number of carboxylic acid groups (broad SMARTS) is 1. The van der Waals surface area contributed by atoms with E-state index in [9.17, 15) is 4.79 Å². The fourth-order valence-electron chi connectivity index (χ4n) is 0.990. The maximum absolute atomic E-state index is 10.4. The molecule has 0 saturated carbocycles. The Morgan fingerprint density at radius 2 is 2.18 bits per heavy atom. The van der Waals surface area contributed by atoms with E-state index in [1.165, 1.54) is 0 Å². The summed E-state index contributed by atoms with van der Waals surface area (Å²) in [6.07, 6.45) is 4.42. The second-order valence-electron chi connectivity index (χ2n) is 2.48. The zero-order valence-corrected chi connectivity index (χ0v) is 6.08. The number of rotatable bonds is 2. The number of hydrogen-bond acceptors (Lipinski definition) is 2. The average Bonchev–Trinajstić information content (AvgIpc) is 2.05. The summed E-state index contributed by atoms with van der Waals surface area (Å²) < 4.78 is 0. The van der Waals surface area contributed by atoms with Crippen molar-refractivity contribution in [3.63, 3.8) is 0 Å². The average molecular weight is 154 g/mol. The maximum Gasteiger partial charge on any atom is 0.331 e. The zero-order valence-electron chi connectivity index (χ0n) is 6.08. The first kappa shape index (κ1) is 8.01. The van der Waals surface area contributed by atoms with Crippen LogP contribution in [0.2, 0.25) is 0 Å². The van der Waals surface area contributed by atoms with E-state index in [0.29, 0.717) is 18.4 Å². The van der Waals surface area contributed by atoms with Crippen LogP contribution in [0.5, 0.6) is 0 Å². The van der Waals surface area contributed by atoms with Crippen molar-refractivity contribution in [1.82, 2.24) is 0 Å². The van der Waals surface area contributed by atoms with E-state index in [0.717, 1.165) is 5.57 Å². The first-order chi connectivity index (χ1) is 5.24. The Balaban J connectivity index is 2.69. The van der Waals surface area contributed by atoms with Crippen molar-refractivity contribution in [2.45, 2.75) is 12.8 Å². The minimum Gasteiger partial charge on any atom is -0.478 e. The van der Waals surface area contributed by atoms with Gasteiger partial charge in [0.15, 0.2) is 0 Å². The number of aliphatic carboxylic acids is 1. The van der Waals surface area contributed by atoms with E-state index >= 15 is 0 Å². The molecule has 0 amide bonds. The largest absolute Gasteiger partial charge is 0.478 e. The predicted molar refractivity (Wildman–Crippen MR) is 40.1 cm³/mol. The van der Waals surface area contributed by atoms with Crippen LogP contribution in [0.25, 0.3) is 0 Å². The Labute approximate surface area is 64.7 Å². The number of hydrogen-bond donors (Lipinski definition) is 2. The molecule has 0 bridgehead atoms. The Bertz CT molecular complexity index is 225. The fourth-order valence-corrected chi connectivity index (χ4v) is 0.990. The van der Waals surface area contributed by atoms with Gasteiger partial charge in [0.05, 0.1) is 6.61 Å². The molecule has 11 heavy (non-hydrogen) atoms. The van der Waals surface area contributed by atoms with Gasteiger partial charge in [-0.15, -0.1) is 0 Å². The monoisotopic (exact) mass is 154 g/mol. The summed E-state index contributed by atoms with van der Waals surface area (Å²) in [6.45, 7) is 0.0311. The highest BCUT2D eigenvalue weighted by Gasteiger charge is 2.10. The van der Waals surface area contributed by atoms with Gasteiger partial charge in [0, 0.05) is 5.57 Å². The summed E-state index contributed by atoms with van der Waals surface area (Å²) in [4.78, 5) is 10.4. The summed E-state index contributed by atoms with van der Waals surface area (Å²) in [5.41, 5.74) is 1.32. The summed E-state index contributed by atoms with van der Waals surface area (Å²) >= 11 is 0. The molecule has 0 aliphatic heterocycles. The molecule has 2 N–H and O–H groups in total. The van der Waals surface area contributed by atoms with E-state index in [4.69, 9.17) is 10.2 Å². The highest BCUT2D eigenvalue weighted by molar-refractivity contribution is 5.87. The normalized spacial score (nSPS) is 17.2. The summed E-state index contributed by atoms with van der Waals surface area (Å²) in [7, 11) is 0. The zero-order chi connectivity index (χ0) is 8.27. The second-order valence-corrected chi connectivity index (χ2v) is 2.48. The highest BCUT2D eigenvalue weighted by atomic mass is 16.4. The highest BCUT2D eigenvalue weighted by Crippen LogP contribution is 2.17. The Hall–Kier alpha value is -1.09. The Kier molecular flexibility index (Phi) is 2.44. The lowest BCUT2D eigenvalue weighted by molar-refractivity contribution is -0.132. The molecule has 0 radical (unpaired) electrons. The molecule has 0 saturated heterocycles. The van der Waals surface area contributed by atoms with Crippen molar-refractivity contribution in [3.05, 3.63) is 23.3 Å². The molecule has 3 heteroatoms. The molecule has 0 heterocycles. The van der Waals surface area contributed by atoms with Crippen molar-refractivity contribution in [1.29, 1.82) is 0 Å². The minimum absolute atomic E-state index is 0.0311. The standard InChI is InChI=1S/C8H10O3/c9-5-6-1-3-7(4-2-6)8(10)11/h1,3,9H,2,4-5H2,(H,10,11). The third kappa shape index (κ3) is 1.91. The number of aliphatic hydroxyl groups excluding tert-OH is 1.